The van der Waals surface area contributed by atoms with Crippen molar-refractivity contribution < 1.29 is 19.1 Å². The number of nitrogens with one attached hydrogen (secondary N) is 1. The van der Waals surface area contributed by atoms with E-state index in [0.717, 1.165) is 25.7 Å². The molecule has 0 atom stereocenters. The maximum absolute atomic E-state index is 15.5. The molecule has 0 bridgehead atoms. The molecule has 0 saturated heterocycles. The summed E-state index contributed by atoms with van der Waals surface area (Å²) in [5.74, 6) is -0.656. The lowest BCUT2D eigenvalue weighted by Crippen LogP contribution is -2.42. The predicted octanol–water partition coefficient (Wildman–Crippen LogP) is 2.77. The summed E-state index contributed by atoms with van der Waals surface area (Å²) < 4.78 is 25.5. The number of fused-ring (bicyclic) bond motifs is 1. The third kappa shape index (κ3) is 4.83. The van der Waals surface area contributed by atoms with Gasteiger partial charge in [0.05, 0.1) is 34.0 Å². The predicted molar refractivity (Wildman–Crippen MR) is 139 cm³/mol. The zero-order valence-corrected chi connectivity index (χ0v) is 21.0. The fraction of sp³-hybridized carbons (Fsp3) is 0.440. The molecule has 37 heavy (non-hydrogen) atoms. The van der Waals surface area contributed by atoms with E-state index in [1.54, 1.807) is 18.7 Å². The number of amidine groups is 1. The number of carbonyl (C=O) groups is 1. The number of oxime groups is 1. The number of ether oxygens (including phenoxy) is 1. The van der Waals surface area contributed by atoms with Crippen LogP contribution < -0.4 is 26.9 Å². The molecule has 1 spiro atoms. The normalized spacial score (nSPS) is 15.8. The van der Waals surface area contributed by atoms with Crippen molar-refractivity contribution in [2.75, 3.05) is 24.2 Å². The average molecular weight is 514 g/mol. The number of nitrogens with two attached hydrogens (primary N) is 2. The number of imidazole rings is 1. The Morgan fingerprint density at radius 1 is 1.35 bits per heavy atom. The number of anilines is 2. The SMILES string of the molecule is CC(C)=O.NC(=NO)c1cn2c3c(c(NCCCn4ccnc4)c(F)c(N)c3c1=O)OCC21CCCC1. The van der Waals surface area contributed by atoms with Crippen molar-refractivity contribution >= 4 is 33.9 Å². The molecule has 2 aromatic heterocycles. The molecule has 198 valence electrons. The van der Waals surface area contributed by atoms with E-state index in [0.29, 0.717) is 31.6 Å². The van der Waals surface area contributed by atoms with Crippen LogP contribution in [0, 0.1) is 5.82 Å². The number of hydrogen-bond acceptors (Lipinski definition) is 8. The molecule has 1 aromatic carbocycles. The van der Waals surface area contributed by atoms with E-state index in [1.807, 2.05) is 15.3 Å². The lowest BCUT2D eigenvalue weighted by atomic mass is 9.93. The summed E-state index contributed by atoms with van der Waals surface area (Å²) in [4.78, 5) is 26.7. The Morgan fingerprint density at radius 3 is 2.68 bits per heavy atom. The second kappa shape index (κ2) is 10.5. The van der Waals surface area contributed by atoms with Crippen LogP contribution in [0.4, 0.5) is 15.8 Å². The highest BCUT2D eigenvalue weighted by atomic mass is 19.1. The minimum atomic E-state index is -0.747. The number of halogens is 1. The van der Waals surface area contributed by atoms with E-state index in [9.17, 15) is 14.8 Å². The van der Waals surface area contributed by atoms with Crippen LogP contribution in [0.15, 0.2) is 34.9 Å². The largest absolute Gasteiger partial charge is 0.487 e. The Kier molecular flexibility index (Phi) is 7.37. The van der Waals surface area contributed by atoms with Gasteiger partial charge >= 0.3 is 0 Å². The summed E-state index contributed by atoms with van der Waals surface area (Å²) in [7, 11) is 0. The van der Waals surface area contributed by atoms with Gasteiger partial charge < -0.3 is 40.7 Å². The van der Waals surface area contributed by atoms with E-state index in [1.165, 1.54) is 13.8 Å². The minimum Gasteiger partial charge on any atom is -0.487 e. The molecule has 11 nitrogen and oxygen atoms in total. The molecule has 6 N–H and O–H groups in total. The first kappa shape index (κ1) is 26.0. The van der Waals surface area contributed by atoms with Crippen molar-refractivity contribution in [3.05, 3.63) is 46.5 Å². The Bertz CT molecular complexity index is 1390. The van der Waals surface area contributed by atoms with E-state index in [-0.39, 0.29) is 39.7 Å². The molecule has 1 fully saturated rings. The summed E-state index contributed by atoms with van der Waals surface area (Å²) in [5, 5.41) is 15.3. The Morgan fingerprint density at radius 2 is 2.05 bits per heavy atom. The first-order chi connectivity index (χ1) is 17.7. The second-order valence-corrected chi connectivity index (χ2v) is 9.59. The number of carbonyl (C=O) groups excluding carboxylic acids is 1. The van der Waals surface area contributed by atoms with Gasteiger partial charge in [-0.15, -0.1) is 0 Å². The number of pyridine rings is 1. The van der Waals surface area contributed by atoms with Gasteiger partial charge in [-0.05, 0) is 33.1 Å². The summed E-state index contributed by atoms with van der Waals surface area (Å²) in [6, 6.07) is 0. The smallest absolute Gasteiger partial charge is 0.202 e. The van der Waals surface area contributed by atoms with Crippen LogP contribution in [0.2, 0.25) is 0 Å². The first-order valence-corrected chi connectivity index (χ1v) is 12.2. The van der Waals surface area contributed by atoms with Gasteiger partial charge in [0, 0.05) is 31.7 Å². The zero-order valence-electron chi connectivity index (χ0n) is 21.0. The lowest BCUT2D eigenvalue weighted by molar-refractivity contribution is -0.114. The van der Waals surface area contributed by atoms with Crippen LogP contribution in [-0.4, -0.2) is 44.1 Å². The summed E-state index contributed by atoms with van der Waals surface area (Å²) in [6.07, 6.45) is 11.3. The molecule has 0 amide bonds. The standard InChI is InChI=1S/C22H26FN7O3.C3H6O/c23-15-16(24)14-18-20(17(15)27-6-3-8-29-9-7-26-12-29)33-11-22(4-1-2-5-22)30(18)10-13(19(14)31)21(25)28-32;1-3(2)4/h7,9-10,12,27,32H,1-6,8,11,24H2,(H2,25,28);1-2H3. The van der Waals surface area contributed by atoms with Gasteiger partial charge in [0.15, 0.2) is 17.4 Å². The van der Waals surface area contributed by atoms with Crippen LogP contribution >= 0.6 is 0 Å². The zero-order chi connectivity index (χ0) is 26.7. The van der Waals surface area contributed by atoms with Crippen LogP contribution in [-0.2, 0) is 16.9 Å². The number of nitrogens with zero attached hydrogens (tertiary/aromatic N) is 4. The highest BCUT2D eigenvalue weighted by molar-refractivity contribution is 6.05. The van der Waals surface area contributed by atoms with Gasteiger partial charge in [-0.1, -0.05) is 18.0 Å². The molecule has 1 saturated carbocycles. The summed E-state index contributed by atoms with van der Waals surface area (Å²) in [5.41, 5.74) is 11.3. The second-order valence-electron chi connectivity index (χ2n) is 9.59. The maximum atomic E-state index is 15.5. The number of nitrogen functional groups attached to an aromatic ring is 1. The lowest BCUT2D eigenvalue weighted by Gasteiger charge is -2.39. The fourth-order valence-electron chi connectivity index (χ4n) is 5.05. The van der Waals surface area contributed by atoms with Gasteiger partial charge in [-0.2, -0.15) is 0 Å². The summed E-state index contributed by atoms with van der Waals surface area (Å²) in [6.45, 7) is 4.57. The Hall–Kier alpha value is -4.09. The van der Waals surface area contributed by atoms with Gasteiger partial charge in [0.2, 0.25) is 5.43 Å². The van der Waals surface area contributed by atoms with Crippen molar-refractivity contribution in [1.82, 2.24) is 14.1 Å². The van der Waals surface area contributed by atoms with Gasteiger partial charge in [-0.25, -0.2) is 9.37 Å². The highest BCUT2D eigenvalue weighted by Crippen LogP contribution is 2.48. The molecule has 1 aliphatic carbocycles. The number of benzene rings is 1. The molecular weight excluding hydrogens is 481 g/mol. The van der Waals surface area contributed by atoms with Crippen LogP contribution in [0.25, 0.3) is 10.9 Å². The van der Waals surface area contributed by atoms with Gasteiger partial charge in [0.25, 0.3) is 0 Å². The molecule has 5 rings (SSSR count). The fourth-order valence-corrected chi connectivity index (χ4v) is 5.05. The minimum absolute atomic E-state index is 0.0125. The average Bonchev–Trinajstić information content (AvgIpc) is 3.55. The van der Waals surface area contributed by atoms with E-state index in [4.69, 9.17) is 16.2 Å². The number of ketones is 1. The molecule has 12 heteroatoms. The third-order valence-electron chi connectivity index (χ3n) is 6.74. The molecular formula is C25H32FN7O4. The van der Waals surface area contributed by atoms with Crippen molar-refractivity contribution in [3.8, 4) is 5.75 Å². The van der Waals surface area contributed by atoms with Crippen molar-refractivity contribution in [2.45, 2.75) is 58.0 Å². The molecule has 2 aliphatic rings. The first-order valence-electron chi connectivity index (χ1n) is 12.2. The molecule has 0 radical (unpaired) electrons. The van der Waals surface area contributed by atoms with Crippen LogP contribution in [0.5, 0.6) is 5.75 Å². The molecule has 3 aromatic rings. The van der Waals surface area contributed by atoms with Gasteiger partial charge in [-0.3, -0.25) is 4.79 Å². The number of Topliss-reactive ketones (excluding diaryl/α,β-unsaturated/α-hetero) is 1. The Labute approximate surface area is 212 Å². The molecule has 0 unspecified atom stereocenters. The Balaban J connectivity index is 0.000000747. The highest BCUT2D eigenvalue weighted by Gasteiger charge is 2.42. The van der Waals surface area contributed by atoms with Crippen molar-refractivity contribution in [1.29, 1.82) is 0 Å². The van der Waals surface area contributed by atoms with E-state index >= 15 is 4.39 Å². The number of aromatic nitrogens is 3. The monoisotopic (exact) mass is 513 g/mol. The topological polar surface area (TPSA) is 163 Å². The number of aryl methyl sites for hydroxylation is 1. The molecule has 1 aliphatic heterocycles. The quantitative estimate of drug-likeness (QED) is 0.0976. The van der Waals surface area contributed by atoms with E-state index < -0.39 is 16.8 Å². The number of hydrogen-bond donors (Lipinski definition) is 4. The van der Waals surface area contributed by atoms with E-state index in [2.05, 4.69) is 15.5 Å². The maximum Gasteiger partial charge on any atom is 0.202 e. The van der Waals surface area contributed by atoms with Crippen molar-refractivity contribution in [2.24, 2.45) is 10.9 Å². The van der Waals surface area contributed by atoms with Crippen LogP contribution in [0.1, 0.15) is 51.5 Å². The van der Waals surface area contributed by atoms with Crippen molar-refractivity contribution in [3.63, 3.8) is 0 Å². The van der Waals surface area contributed by atoms with Crippen LogP contribution in [0.3, 0.4) is 0 Å². The molecule has 3 heterocycles. The third-order valence-corrected chi connectivity index (χ3v) is 6.74. The summed E-state index contributed by atoms with van der Waals surface area (Å²) >= 11 is 0. The van der Waals surface area contributed by atoms with Gasteiger partial charge in [0.1, 0.15) is 18.1 Å². The number of rotatable bonds is 6.